The number of benzene rings is 2. The van der Waals surface area contributed by atoms with Gasteiger partial charge in [0.1, 0.15) is 17.5 Å². The van der Waals surface area contributed by atoms with Crippen molar-refractivity contribution < 1.29 is 0 Å². The van der Waals surface area contributed by atoms with Crippen LogP contribution in [0.1, 0.15) is 28.8 Å². The van der Waals surface area contributed by atoms with Gasteiger partial charge in [0.25, 0.3) is 0 Å². The van der Waals surface area contributed by atoms with Gasteiger partial charge < -0.3 is 16.0 Å². The Balaban J connectivity index is 0.00000289. The minimum atomic E-state index is 0. The van der Waals surface area contributed by atoms with Gasteiger partial charge in [-0.1, -0.05) is 42.5 Å². The lowest BCUT2D eigenvalue weighted by molar-refractivity contribution is 0.378. The first-order valence-corrected chi connectivity index (χ1v) is 10.6. The summed E-state index contributed by atoms with van der Waals surface area (Å²) in [5, 5.41) is 17.6. The van der Waals surface area contributed by atoms with Crippen molar-refractivity contribution in [2.75, 3.05) is 25.9 Å². The molecular weight excluding hydrogens is 513 g/mol. The van der Waals surface area contributed by atoms with E-state index in [1.54, 1.807) is 4.68 Å². The predicted molar refractivity (Wildman–Crippen MR) is 138 cm³/mol. The SMILES string of the molecule is CN=C(NCCCc1nn(-c2ccccc2)c(N)c1C#N)N1CCc2ccccc2C1.I. The minimum Gasteiger partial charge on any atom is -0.382 e. The molecule has 2 heterocycles. The number of fused-ring (bicyclic) bond motifs is 1. The molecule has 0 spiro atoms. The monoisotopic (exact) mass is 541 g/mol. The van der Waals surface area contributed by atoms with Gasteiger partial charge in [0.15, 0.2) is 5.96 Å². The summed E-state index contributed by atoms with van der Waals surface area (Å²) in [6.45, 7) is 2.56. The van der Waals surface area contributed by atoms with Gasteiger partial charge in [-0.25, -0.2) is 4.68 Å². The molecule has 166 valence electrons. The Kier molecular flexibility index (Phi) is 8.11. The molecule has 32 heavy (non-hydrogen) atoms. The number of nitrogen functional groups attached to an aromatic ring is 1. The van der Waals surface area contributed by atoms with Crippen molar-refractivity contribution in [3.05, 3.63) is 77.0 Å². The lowest BCUT2D eigenvalue weighted by Gasteiger charge is -2.31. The van der Waals surface area contributed by atoms with Crippen LogP contribution >= 0.6 is 24.0 Å². The molecule has 0 amide bonds. The average Bonchev–Trinajstić information content (AvgIpc) is 3.14. The van der Waals surface area contributed by atoms with Crippen molar-refractivity contribution in [3.63, 3.8) is 0 Å². The summed E-state index contributed by atoms with van der Waals surface area (Å²) in [6.07, 6.45) is 2.52. The minimum absolute atomic E-state index is 0. The number of halogens is 1. The molecule has 2 aromatic carbocycles. The van der Waals surface area contributed by atoms with Crippen LogP contribution in [0.15, 0.2) is 59.6 Å². The summed E-state index contributed by atoms with van der Waals surface area (Å²) in [4.78, 5) is 6.74. The van der Waals surface area contributed by atoms with E-state index in [2.05, 4.69) is 50.6 Å². The standard InChI is InChI=1S/C24H27N7.HI/c1-27-24(30-15-13-18-8-5-6-9-19(18)17-30)28-14-7-12-22-21(16-25)23(26)31(29-22)20-10-3-2-4-11-20;/h2-6,8-11H,7,12-15,17,26H2,1H3,(H,27,28);1H. The van der Waals surface area contributed by atoms with Gasteiger partial charge in [-0.2, -0.15) is 10.4 Å². The molecular formula is C24H28IN7. The number of para-hydroxylation sites is 1. The fourth-order valence-corrected chi connectivity index (χ4v) is 4.01. The van der Waals surface area contributed by atoms with Crippen LogP contribution in [0.25, 0.3) is 5.69 Å². The fourth-order valence-electron chi connectivity index (χ4n) is 4.01. The quantitative estimate of drug-likeness (QED) is 0.223. The fraction of sp³-hybridized carbons (Fsp3) is 0.292. The van der Waals surface area contributed by atoms with Crippen LogP contribution < -0.4 is 11.1 Å². The van der Waals surface area contributed by atoms with Gasteiger partial charge in [-0.15, -0.1) is 24.0 Å². The van der Waals surface area contributed by atoms with E-state index in [1.165, 1.54) is 11.1 Å². The molecule has 1 aliphatic rings. The Morgan fingerprint density at radius 2 is 1.88 bits per heavy atom. The van der Waals surface area contributed by atoms with Crippen molar-refractivity contribution >= 4 is 35.8 Å². The Hall–Kier alpha value is -3.06. The number of aliphatic imine (C=N–C) groups is 1. The predicted octanol–water partition coefficient (Wildman–Crippen LogP) is 3.51. The number of aromatic nitrogens is 2. The summed E-state index contributed by atoms with van der Waals surface area (Å²) in [6, 6.07) is 20.4. The van der Waals surface area contributed by atoms with Crippen LogP contribution in [0, 0.1) is 11.3 Å². The molecule has 1 aromatic heterocycles. The van der Waals surface area contributed by atoms with Crippen LogP contribution in [-0.4, -0.2) is 40.8 Å². The number of nitrogens with two attached hydrogens (primary N) is 1. The molecule has 0 bridgehead atoms. The molecule has 0 fully saturated rings. The third-order valence-electron chi connectivity index (χ3n) is 5.62. The molecule has 0 unspecified atom stereocenters. The average molecular weight is 541 g/mol. The van der Waals surface area contributed by atoms with E-state index < -0.39 is 0 Å². The van der Waals surface area contributed by atoms with E-state index in [9.17, 15) is 5.26 Å². The zero-order chi connectivity index (χ0) is 21.6. The summed E-state index contributed by atoms with van der Waals surface area (Å²) in [7, 11) is 1.82. The number of nitriles is 1. The summed E-state index contributed by atoms with van der Waals surface area (Å²) < 4.78 is 1.64. The van der Waals surface area contributed by atoms with Crippen LogP contribution in [-0.2, 0) is 19.4 Å². The Bertz CT molecular complexity index is 1120. The summed E-state index contributed by atoms with van der Waals surface area (Å²) in [5.41, 5.74) is 11.0. The molecule has 0 aliphatic carbocycles. The number of anilines is 1. The number of nitrogens with zero attached hydrogens (tertiary/aromatic N) is 5. The van der Waals surface area contributed by atoms with Crippen molar-refractivity contribution in [1.82, 2.24) is 20.0 Å². The second kappa shape index (κ2) is 11.0. The van der Waals surface area contributed by atoms with E-state index in [-0.39, 0.29) is 24.0 Å². The zero-order valence-corrected chi connectivity index (χ0v) is 20.5. The van der Waals surface area contributed by atoms with Gasteiger partial charge in [0, 0.05) is 26.7 Å². The third-order valence-corrected chi connectivity index (χ3v) is 5.62. The van der Waals surface area contributed by atoms with Crippen LogP contribution in [0.2, 0.25) is 0 Å². The lowest BCUT2D eigenvalue weighted by atomic mass is 10.0. The van der Waals surface area contributed by atoms with Crippen LogP contribution in [0.3, 0.4) is 0 Å². The van der Waals surface area contributed by atoms with Crippen LogP contribution in [0.4, 0.5) is 5.82 Å². The number of guanidine groups is 1. The molecule has 8 heteroatoms. The lowest BCUT2D eigenvalue weighted by Crippen LogP contribution is -2.44. The summed E-state index contributed by atoms with van der Waals surface area (Å²) in [5.74, 6) is 1.30. The van der Waals surface area contributed by atoms with Gasteiger partial charge in [-0.3, -0.25) is 4.99 Å². The van der Waals surface area contributed by atoms with E-state index in [0.717, 1.165) is 49.8 Å². The number of aryl methyl sites for hydroxylation is 1. The van der Waals surface area contributed by atoms with Crippen LogP contribution in [0.5, 0.6) is 0 Å². The number of nitrogens with one attached hydrogen (secondary N) is 1. The van der Waals surface area contributed by atoms with E-state index in [1.807, 2.05) is 37.4 Å². The Labute approximate surface area is 206 Å². The zero-order valence-electron chi connectivity index (χ0n) is 18.2. The highest BCUT2D eigenvalue weighted by molar-refractivity contribution is 14.0. The van der Waals surface area contributed by atoms with Crippen molar-refractivity contribution in [2.24, 2.45) is 4.99 Å². The molecule has 0 saturated heterocycles. The van der Waals surface area contributed by atoms with Crippen molar-refractivity contribution in [1.29, 1.82) is 5.26 Å². The van der Waals surface area contributed by atoms with E-state index in [4.69, 9.17) is 5.73 Å². The first-order valence-electron chi connectivity index (χ1n) is 10.6. The van der Waals surface area contributed by atoms with Gasteiger partial charge in [0.05, 0.1) is 11.4 Å². The van der Waals surface area contributed by atoms with E-state index in [0.29, 0.717) is 17.8 Å². The maximum Gasteiger partial charge on any atom is 0.193 e. The normalized spacial score (nSPS) is 13.1. The smallest absolute Gasteiger partial charge is 0.193 e. The maximum atomic E-state index is 9.57. The second-order valence-corrected chi connectivity index (χ2v) is 7.58. The molecule has 0 radical (unpaired) electrons. The van der Waals surface area contributed by atoms with E-state index >= 15 is 0 Å². The highest BCUT2D eigenvalue weighted by Gasteiger charge is 2.19. The first kappa shape index (κ1) is 23.6. The number of hydrogen-bond donors (Lipinski definition) is 2. The highest BCUT2D eigenvalue weighted by atomic mass is 127. The maximum absolute atomic E-state index is 9.57. The molecule has 3 aromatic rings. The second-order valence-electron chi connectivity index (χ2n) is 7.58. The van der Waals surface area contributed by atoms with Gasteiger partial charge in [0.2, 0.25) is 0 Å². The van der Waals surface area contributed by atoms with Gasteiger partial charge in [-0.05, 0) is 42.5 Å². The Morgan fingerprint density at radius 3 is 2.59 bits per heavy atom. The number of rotatable bonds is 5. The Morgan fingerprint density at radius 1 is 1.16 bits per heavy atom. The molecule has 0 saturated carbocycles. The first-order chi connectivity index (χ1) is 15.2. The summed E-state index contributed by atoms with van der Waals surface area (Å²) >= 11 is 0. The van der Waals surface area contributed by atoms with Crippen molar-refractivity contribution in [2.45, 2.75) is 25.8 Å². The largest absolute Gasteiger partial charge is 0.382 e. The molecule has 1 aliphatic heterocycles. The molecule has 4 rings (SSSR count). The molecule has 0 atom stereocenters. The van der Waals surface area contributed by atoms with Gasteiger partial charge >= 0.3 is 0 Å². The molecule has 3 N–H and O–H groups in total. The molecule has 7 nitrogen and oxygen atoms in total. The number of hydrogen-bond acceptors (Lipinski definition) is 4. The highest BCUT2D eigenvalue weighted by Crippen LogP contribution is 2.21. The topological polar surface area (TPSA) is 95.3 Å². The third kappa shape index (κ3) is 5.05. The van der Waals surface area contributed by atoms with Crippen molar-refractivity contribution in [3.8, 4) is 11.8 Å².